The molecule has 0 spiro atoms. The zero-order valence-corrected chi connectivity index (χ0v) is 12.3. The molecule has 0 fully saturated rings. The highest BCUT2D eigenvalue weighted by Crippen LogP contribution is 2.08. The third-order valence-corrected chi connectivity index (χ3v) is 3.21. The Bertz CT molecular complexity index is 334. The van der Waals surface area contributed by atoms with Crippen LogP contribution in [0, 0.1) is 6.92 Å². The molecule has 0 aliphatic carbocycles. The van der Waals surface area contributed by atoms with Gasteiger partial charge in [0, 0.05) is 18.6 Å². The predicted octanol–water partition coefficient (Wildman–Crippen LogP) is 2.90. The van der Waals surface area contributed by atoms with Crippen molar-refractivity contribution in [2.45, 2.75) is 52.6 Å². The smallest absolute Gasteiger partial charge is 0.0164 e. The van der Waals surface area contributed by atoms with Crippen molar-refractivity contribution in [3.63, 3.8) is 0 Å². The van der Waals surface area contributed by atoms with Crippen molar-refractivity contribution in [3.8, 4) is 0 Å². The van der Waals surface area contributed by atoms with Gasteiger partial charge < -0.3 is 10.6 Å². The Morgan fingerprint density at radius 2 is 1.78 bits per heavy atom. The molecule has 0 radical (unpaired) electrons. The Morgan fingerprint density at radius 3 is 2.44 bits per heavy atom. The lowest BCUT2D eigenvalue weighted by molar-refractivity contribution is 0.470. The first kappa shape index (κ1) is 15.2. The van der Waals surface area contributed by atoms with Crippen LogP contribution in [0.25, 0.3) is 0 Å². The second-order valence-corrected chi connectivity index (χ2v) is 5.45. The van der Waals surface area contributed by atoms with Gasteiger partial charge in [0.05, 0.1) is 0 Å². The summed E-state index contributed by atoms with van der Waals surface area (Å²) >= 11 is 0. The fourth-order valence-corrected chi connectivity index (χ4v) is 2.00. The molecular weight excluding hydrogens is 220 g/mol. The molecule has 1 aromatic rings. The highest BCUT2D eigenvalue weighted by atomic mass is 15.0. The van der Waals surface area contributed by atoms with Crippen LogP contribution in [0.1, 0.15) is 38.3 Å². The van der Waals surface area contributed by atoms with Gasteiger partial charge in [-0.2, -0.15) is 0 Å². The van der Waals surface area contributed by atoms with Crippen LogP contribution in [0.15, 0.2) is 24.3 Å². The number of rotatable bonds is 8. The van der Waals surface area contributed by atoms with Crippen LogP contribution in [0.2, 0.25) is 0 Å². The van der Waals surface area contributed by atoms with E-state index in [-0.39, 0.29) is 0 Å². The Morgan fingerprint density at radius 1 is 1.06 bits per heavy atom. The van der Waals surface area contributed by atoms with Gasteiger partial charge in [0.25, 0.3) is 0 Å². The highest BCUT2D eigenvalue weighted by Gasteiger charge is 2.02. The Balaban J connectivity index is 2.13. The standard InChI is InChI=1S/C16H28N2/c1-13(2)18-12-15(4)17-11-7-10-16-9-6-5-8-14(16)3/h5-6,8-9,13,15,17-18H,7,10-12H2,1-4H3. The van der Waals surface area contributed by atoms with Crippen molar-refractivity contribution < 1.29 is 0 Å². The maximum Gasteiger partial charge on any atom is 0.0164 e. The molecule has 102 valence electrons. The van der Waals surface area contributed by atoms with Crippen molar-refractivity contribution in [1.82, 2.24) is 10.6 Å². The van der Waals surface area contributed by atoms with Crippen LogP contribution in [0.4, 0.5) is 0 Å². The molecule has 1 unspecified atom stereocenters. The predicted molar refractivity (Wildman–Crippen MR) is 80.1 cm³/mol. The quantitative estimate of drug-likeness (QED) is 0.691. The molecule has 0 saturated carbocycles. The number of hydrogen-bond donors (Lipinski definition) is 2. The maximum atomic E-state index is 3.57. The van der Waals surface area contributed by atoms with Crippen LogP contribution in [-0.4, -0.2) is 25.2 Å². The van der Waals surface area contributed by atoms with Crippen molar-refractivity contribution in [2.24, 2.45) is 0 Å². The van der Waals surface area contributed by atoms with Crippen LogP contribution in [0.3, 0.4) is 0 Å². The van der Waals surface area contributed by atoms with E-state index in [0.29, 0.717) is 12.1 Å². The summed E-state index contributed by atoms with van der Waals surface area (Å²) < 4.78 is 0. The van der Waals surface area contributed by atoms with Crippen LogP contribution >= 0.6 is 0 Å². The SMILES string of the molecule is Cc1ccccc1CCCNC(C)CNC(C)C. The summed E-state index contributed by atoms with van der Waals surface area (Å²) in [6.07, 6.45) is 2.38. The fourth-order valence-electron chi connectivity index (χ4n) is 2.00. The lowest BCUT2D eigenvalue weighted by Crippen LogP contribution is -2.39. The Kier molecular flexibility index (Phi) is 6.99. The summed E-state index contributed by atoms with van der Waals surface area (Å²) in [5.41, 5.74) is 2.89. The lowest BCUT2D eigenvalue weighted by Gasteiger charge is -2.16. The number of benzene rings is 1. The van der Waals surface area contributed by atoms with E-state index in [1.807, 2.05) is 0 Å². The summed E-state index contributed by atoms with van der Waals surface area (Å²) in [6, 6.07) is 9.78. The number of aryl methyl sites for hydroxylation is 2. The summed E-state index contributed by atoms with van der Waals surface area (Å²) in [4.78, 5) is 0. The second kappa shape index (κ2) is 8.28. The van der Waals surface area contributed by atoms with E-state index >= 15 is 0 Å². The zero-order valence-electron chi connectivity index (χ0n) is 12.3. The van der Waals surface area contributed by atoms with E-state index in [9.17, 15) is 0 Å². The molecule has 1 rings (SSSR count). The Hall–Kier alpha value is -0.860. The van der Waals surface area contributed by atoms with E-state index in [0.717, 1.165) is 13.1 Å². The first-order chi connectivity index (χ1) is 8.59. The molecule has 2 nitrogen and oxygen atoms in total. The van der Waals surface area contributed by atoms with Crippen LogP contribution in [0.5, 0.6) is 0 Å². The number of hydrogen-bond acceptors (Lipinski definition) is 2. The van der Waals surface area contributed by atoms with Crippen LogP contribution < -0.4 is 10.6 Å². The van der Waals surface area contributed by atoms with E-state index < -0.39 is 0 Å². The molecule has 0 bridgehead atoms. The molecule has 0 amide bonds. The molecule has 2 heteroatoms. The van der Waals surface area contributed by atoms with Crippen molar-refractivity contribution in [3.05, 3.63) is 35.4 Å². The molecule has 2 N–H and O–H groups in total. The average molecular weight is 248 g/mol. The van der Waals surface area contributed by atoms with Gasteiger partial charge in [-0.3, -0.25) is 0 Å². The van der Waals surface area contributed by atoms with Gasteiger partial charge in [-0.05, 0) is 44.4 Å². The molecule has 1 aromatic carbocycles. The molecule has 1 atom stereocenters. The summed E-state index contributed by atoms with van der Waals surface area (Å²) in [5, 5.41) is 7.02. The van der Waals surface area contributed by atoms with E-state index in [1.54, 1.807) is 0 Å². The van der Waals surface area contributed by atoms with Gasteiger partial charge in [-0.1, -0.05) is 38.1 Å². The summed E-state index contributed by atoms with van der Waals surface area (Å²) in [5.74, 6) is 0. The topological polar surface area (TPSA) is 24.1 Å². The summed E-state index contributed by atoms with van der Waals surface area (Å²) in [6.45, 7) is 10.9. The van der Waals surface area contributed by atoms with Gasteiger partial charge in [0.15, 0.2) is 0 Å². The molecule has 0 aliphatic rings. The third-order valence-electron chi connectivity index (χ3n) is 3.21. The van der Waals surface area contributed by atoms with Gasteiger partial charge in [-0.15, -0.1) is 0 Å². The normalized spacial score (nSPS) is 12.9. The molecular formula is C16H28N2. The van der Waals surface area contributed by atoms with Gasteiger partial charge in [0.1, 0.15) is 0 Å². The van der Waals surface area contributed by atoms with Crippen molar-refractivity contribution in [1.29, 1.82) is 0 Å². The van der Waals surface area contributed by atoms with E-state index in [2.05, 4.69) is 62.6 Å². The van der Waals surface area contributed by atoms with Crippen molar-refractivity contribution >= 4 is 0 Å². The molecule has 0 heterocycles. The summed E-state index contributed by atoms with van der Waals surface area (Å²) in [7, 11) is 0. The largest absolute Gasteiger partial charge is 0.313 e. The first-order valence-corrected chi connectivity index (χ1v) is 7.11. The molecule has 0 aromatic heterocycles. The van der Waals surface area contributed by atoms with Crippen LogP contribution in [-0.2, 0) is 6.42 Å². The molecule has 18 heavy (non-hydrogen) atoms. The minimum atomic E-state index is 0.546. The van der Waals surface area contributed by atoms with Gasteiger partial charge >= 0.3 is 0 Å². The minimum Gasteiger partial charge on any atom is -0.313 e. The lowest BCUT2D eigenvalue weighted by atomic mass is 10.0. The Labute approximate surface area is 112 Å². The second-order valence-electron chi connectivity index (χ2n) is 5.45. The van der Waals surface area contributed by atoms with E-state index in [1.165, 1.54) is 24.0 Å². The third kappa shape index (κ3) is 6.18. The van der Waals surface area contributed by atoms with Crippen molar-refractivity contribution in [2.75, 3.05) is 13.1 Å². The molecule has 0 saturated heterocycles. The fraction of sp³-hybridized carbons (Fsp3) is 0.625. The first-order valence-electron chi connectivity index (χ1n) is 7.11. The zero-order chi connectivity index (χ0) is 13.4. The minimum absolute atomic E-state index is 0.546. The van der Waals surface area contributed by atoms with Gasteiger partial charge in [0.2, 0.25) is 0 Å². The monoisotopic (exact) mass is 248 g/mol. The average Bonchev–Trinajstić information content (AvgIpc) is 2.34. The number of nitrogens with one attached hydrogen (secondary N) is 2. The van der Waals surface area contributed by atoms with E-state index in [4.69, 9.17) is 0 Å². The molecule has 0 aliphatic heterocycles. The highest BCUT2D eigenvalue weighted by molar-refractivity contribution is 5.25. The van der Waals surface area contributed by atoms with Gasteiger partial charge in [-0.25, -0.2) is 0 Å². The maximum absolute atomic E-state index is 3.57.